The molecule has 2 heterocycles. The highest BCUT2D eigenvalue weighted by Crippen LogP contribution is 2.28. The molecule has 1 aliphatic rings. The largest absolute Gasteiger partial charge is 0.401 e. The van der Waals surface area contributed by atoms with E-state index in [0.29, 0.717) is 0 Å². The third-order valence-corrected chi connectivity index (χ3v) is 3.30. The van der Waals surface area contributed by atoms with Crippen LogP contribution in [0.15, 0.2) is 12.1 Å². The highest BCUT2D eigenvalue weighted by Gasteiger charge is 2.33. The number of piperazine rings is 1. The summed E-state index contributed by atoms with van der Waals surface area (Å²) >= 11 is 5.74. The summed E-state index contributed by atoms with van der Waals surface area (Å²) in [6.45, 7) is -0.212. The van der Waals surface area contributed by atoms with Crippen molar-refractivity contribution in [1.82, 2.24) is 9.88 Å². The Hall–Kier alpha value is -1.61. The lowest BCUT2D eigenvalue weighted by atomic mass is 10.3. The summed E-state index contributed by atoms with van der Waals surface area (Å²) in [7, 11) is 0. The van der Waals surface area contributed by atoms with Crippen LogP contribution in [0.1, 0.15) is 0 Å². The third kappa shape index (κ3) is 4.18. The fourth-order valence-electron chi connectivity index (χ4n) is 2.16. The van der Waals surface area contributed by atoms with Crippen molar-refractivity contribution < 1.29 is 18.1 Å². The molecule has 1 aromatic rings. The Bertz CT molecular complexity index is 533. The first-order valence-corrected chi connectivity index (χ1v) is 6.49. The number of rotatable bonds is 3. The van der Waals surface area contributed by atoms with E-state index in [0.717, 1.165) is 0 Å². The van der Waals surface area contributed by atoms with Gasteiger partial charge in [0.1, 0.15) is 5.15 Å². The molecule has 0 aliphatic carbocycles. The normalized spacial score (nSPS) is 17.0. The Kier molecular flexibility index (Phi) is 4.52. The van der Waals surface area contributed by atoms with Gasteiger partial charge in [-0.1, -0.05) is 11.6 Å². The van der Waals surface area contributed by atoms with Crippen molar-refractivity contribution in [2.75, 3.05) is 37.6 Å². The summed E-state index contributed by atoms with van der Waals surface area (Å²) in [5, 5.41) is 11.1. The highest BCUT2D eigenvalue weighted by molar-refractivity contribution is 6.29. The fourth-order valence-corrected chi connectivity index (χ4v) is 2.31. The molecular weight excluding hydrogens is 313 g/mol. The summed E-state index contributed by atoms with van der Waals surface area (Å²) < 4.78 is 36.9. The molecule has 21 heavy (non-hydrogen) atoms. The van der Waals surface area contributed by atoms with Crippen molar-refractivity contribution in [3.8, 4) is 0 Å². The maximum absolute atomic E-state index is 12.3. The van der Waals surface area contributed by atoms with Crippen LogP contribution in [0.2, 0.25) is 5.15 Å². The van der Waals surface area contributed by atoms with Crippen molar-refractivity contribution in [1.29, 1.82) is 0 Å². The zero-order valence-electron chi connectivity index (χ0n) is 10.8. The van der Waals surface area contributed by atoms with Gasteiger partial charge in [-0.2, -0.15) is 13.2 Å². The number of hydrogen-bond acceptors (Lipinski definition) is 5. The second-order valence-corrected chi connectivity index (χ2v) is 5.00. The van der Waals surface area contributed by atoms with E-state index < -0.39 is 17.6 Å². The first-order valence-electron chi connectivity index (χ1n) is 6.11. The van der Waals surface area contributed by atoms with Crippen LogP contribution in [0.4, 0.5) is 24.7 Å². The van der Waals surface area contributed by atoms with Gasteiger partial charge in [-0.15, -0.1) is 0 Å². The average Bonchev–Trinajstić information content (AvgIpc) is 2.37. The van der Waals surface area contributed by atoms with E-state index in [1.54, 1.807) is 4.90 Å². The zero-order valence-corrected chi connectivity index (χ0v) is 11.6. The standard InChI is InChI=1S/C11H12ClF3N4O2/c12-9-2-1-8(19(20)21)10(16-9)18-5-3-17(4-6-18)7-11(13,14)15/h1-2H,3-7H2. The predicted molar refractivity (Wildman–Crippen MR) is 70.6 cm³/mol. The average molecular weight is 325 g/mol. The quantitative estimate of drug-likeness (QED) is 0.485. The van der Waals surface area contributed by atoms with E-state index in [-0.39, 0.29) is 42.8 Å². The van der Waals surface area contributed by atoms with Gasteiger partial charge < -0.3 is 4.90 Å². The molecule has 0 N–H and O–H groups in total. The molecule has 2 rings (SSSR count). The second kappa shape index (κ2) is 6.02. The molecule has 1 fully saturated rings. The first-order chi connectivity index (χ1) is 9.76. The SMILES string of the molecule is O=[N+]([O-])c1ccc(Cl)nc1N1CCN(CC(F)(F)F)CC1. The van der Waals surface area contributed by atoms with Crippen LogP contribution < -0.4 is 4.90 Å². The minimum absolute atomic E-state index is 0.0964. The van der Waals surface area contributed by atoms with Crippen LogP contribution >= 0.6 is 11.6 Å². The Balaban J connectivity index is 2.09. The van der Waals surface area contributed by atoms with Gasteiger partial charge in [0.05, 0.1) is 11.5 Å². The summed E-state index contributed by atoms with van der Waals surface area (Å²) in [6, 6.07) is 2.55. The lowest BCUT2D eigenvalue weighted by molar-refractivity contribution is -0.384. The van der Waals surface area contributed by atoms with Crippen LogP contribution in [-0.2, 0) is 0 Å². The van der Waals surface area contributed by atoms with Crippen LogP contribution in [-0.4, -0.2) is 53.7 Å². The molecule has 1 saturated heterocycles. The summed E-state index contributed by atoms with van der Waals surface area (Å²) in [4.78, 5) is 17.1. The van der Waals surface area contributed by atoms with Crippen LogP contribution in [0, 0.1) is 10.1 Å². The van der Waals surface area contributed by atoms with Crippen molar-refractivity contribution >= 4 is 23.1 Å². The Morgan fingerprint density at radius 1 is 1.29 bits per heavy atom. The molecule has 0 saturated carbocycles. The Morgan fingerprint density at radius 3 is 2.43 bits per heavy atom. The molecule has 0 spiro atoms. The molecule has 0 aromatic carbocycles. The number of nitro groups is 1. The predicted octanol–water partition coefficient (Wildman–Crippen LogP) is 2.33. The summed E-state index contributed by atoms with van der Waals surface area (Å²) in [5.74, 6) is 0.0964. The molecule has 10 heteroatoms. The topological polar surface area (TPSA) is 62.5 Å². The second-order valence-electron chi connectivity index (χ2n) is 4.61. The fraction of sp³-hybridized carbons (Fsp3) is 0.545. The lowest BCUT2D eigenvalue weighted by Gasteiger charge is -2.35. The van der Waals surface area contributed by atoms with Crippen LogP contribution in [0.3, 0.4) is 0 Å². The van der Waals surface area contributed by atoms with E-state index >= 15 is 0 Å². The van der Waals surface area contributed by atoms with E-state index in [1.807, 2.05) is 0 Å². The third-order valence-electron chi connectivity index (χ3n) is 3.09. The van der Waals surface area contributed by atoms with Crippen molar-refractivity contribution in [2.45, 2.75) is 6.18 Å². The zero-order chi connectivity index (χ0) is 15.6. The molecule has 0 bridgehead atoms. The first kappa shape index (κ1) is 15.8. The van der Waals surface area contributed by atoms with Crippen LogP contribution in [0.25, 0.3) is 0 Å². The minimum Gasteiger partial charge on any atom is -0.348 e. The van der Waals surface area contributed by atoms with Gasteiger partial charge in [-0.25, -0.2) is 4.98 Å². The van der Waals surface area contributed by atoms with Gasteiger partial charge >= 0.3 is 11.9 Å². The number of nitrogens with zero attached hydrogens (tertiary/aromatic N) is 4. The van der Waals surface area contributed by atoms with E-state index in [9.17, 15) is 23.3 Å². The lowest BCUT2D eigenvalue weighted by Crippen LogP contribution is -2.49. The van der Waals surface area contributed by atoms with E-state index in [1.165, 1.54) is 17.0 Å². The van der Waals surface area contributed by atoms with Gasteiger partial charge in [0.2, 0.25) is 5.82 Å². The molecule has 0 radical (unpaired) electrons. The van der Waals surface area contributed by atoms with Gasteiger partial charge in [-0.05, 0) is 6.07 Å². The molecule has 1 aliphatic heterocycles. The van der Waals surface area contributed by atoms with Crippen molar-refractivity contribution in [2.24, 2.45) is 0 Å². The number of halogens is 4. The number of anilines is 1. The van der Waals surface area contributed by atoms with E-state index in [4.69, 9.17) is 11.6 Å². The minimum atomic E-state index is -4.25. The summed E-state index contributed by atoms with van der Waals surface area (Å²) in [6.07, 6.45) is -4.25. The monoisotopic (exact) mass is 324 g/mol. The Morgan fingerprint density at radius 2 is 1.90 bits per heavy atom. The molecule has 1 aromatic heterocycles. The Labute approximate surface area is 123 Å². The van der Waals surface area contributed by atoms with Crippen LogP contribution in [0.5, 0.6) is 0 Å². The molecular formula is C11H12ClF3N4O2. The van der Waals surface area contributed by atoms with Gasteiger partial charge in [0, 0.05) is 32.2 Å². The number of alkyl halides is 3. The molecule has 0 amide bonds. The summed E-state index contributed by atoms with van der Waals surface area (Å²) in [5.41, 5.74) is -0.205. The highest BCUT2D eigenvalue weighted by atomic mass is 35.5. The van der Waals surface area contributed by atoms with Crippen molar-refractivity contribution in [3.63, 3.8) is 0 Å². The number of hydrogen-bond donors (Lipinski definition) is 0. The molecule has 116 valence electrons. The number of pyridine rings is 1. The van der Waals surface area contributed by atoms with Gasteiger partial charge in [0.25, 0.3) is 0 Å². The number of aromatic nitrogens is 1. The van der Waals surface area contributed by atoms with Gasteiger partial charge in [-0.3, -0.25) is 15.0 Å². The van der Waals surface area contributed by atoms with Gasteiger partial charge in [0.15, 0.2) is 0 Å². The maximum Gasteiger partial charge on any atom is 0.401 e. The molecule has 6 nitrogen and oxygen atoms in total. The maximum atomic E-state index is 12.3. The molecule has 0 atom stereocenters. The smallest absolute Gasteiger partial charge is 0.348 e. The van der Waals surface area contributed by atoms with Crippen molar-refractivity contribution in [3.05, 3.63) is 27.4 Å². The molecule has 0 unspecified atom stereocenters. The van der Waals surface area contributed by atoms with E-state index in [2.05, 4.69) is 4.98 Å².